The van der Waals surface area contributed by atoms with Gasteiger partial charge < -0.3 is 24.4 Å². The Morgan fingerprint density at radius 2 is 2.09 bits per heavy atom. The number of carbonyl (C=O) groups is 1. The Hall–Kier alpha value is -2.87. The molecule has 8 heteroatoms. The lowest BCUT2D eigenvalue weighted by molar-refractivity contribution is 0.0531. The number of morpholine rings is 1. The summed E-state index contributed by atoms with van der Waals surface area (Å²) < 4.78 is 29.7. The quantitative estimate of drug-likeness (QED) is 0.700. The van der Waals surface area contributed by atoms with Crippen molar-refractivity contribution in [1.82, 2.24) is 10.3 Å². The van der Waals surface area contributed by atoms with E-state index in [0.29, 0.717) is 30.9 Å². The van der Waals surface area contributed by atoms with E-state index in [2.05, 4.69) is 24.1 Å². The molecule has 1 aromatic carbocycles. The third kappa shape index (κ3) is 6.32. The SMILES string of the molecule is CC(C)(C)OC(=O)NC/C(=C\F)COc1ccc2nc(N3CCOCC3(C)C)ccc2c1. The van der Waals surface area contributed by atoms with Gasteiger partial charge in [-0.1, -0.05) is 0 Å². The third-order valence-corrected chi connectivity index (χ3v) is 5.00. The maximum Gasteiger partial charge on any atom is 0.407 e. The van der Waals surface area contributed by atoms with Gasteiger partial charge >= 0.3 is 6.09 Å². The van der Waals surface area contributed by atoms with Gasteiger partial charge in [0.25, 0.3) is 0 Å². The highest BCUT2D eigenvalue weighted by molar-refractivity contribution is 5.82. The molecule has 7 nitrogen and oxygen atoms in total. The number of nitrogens with one attached hydrogen (secondary N) is 1. The van der Waals surface area contributed by atoms with Crippen LogP contribution in [-0.4, -0.2) is 55.1 Å². The van der Waals surface area contributed by atoms with Crippen molar-refractivity contribution in [3.63, 3.8) is 0 Å². The van der Waals surface area contributed by atoms with Crippen LogP contribution in [0.15, 0.2) is 42.2 Å². The molecule has 1 saturated heterocycles. The second-order valence-corrected chi connectivity index (χ2v) is 9.45. The molecule has 0 aliphatic carbocycles. The minimum absolute atomic E-state index is 0.000749. The van der Waals surface area contributed by atoms with Crippen LogP contribution in [0.1, 0.15) is 34.6 Å². The molecule has 2 aromatic rings. The van der Waals surface area contributed by atoms with Gasteiger partial charge in [-0.15, -0.1) is 0 Å². The number of halogens is 1. The molecule has 1 aliphatic heterocycles. The monoisotopic (exact) mass is 445 g/mol. The summed E-state index contributed by atoms with van der Waals surface area (Å²) in [6.07, 6.45) is -0.163. The first-order valence-corrected chi connectivity index (χ1v) is 10.7. The first-order chi connectivity index (χ1) is 15.1. The largest absolute Gasteiger partial charge is 0.489 e. The van der Waals surface area contributed by atoms with Crippen LogP contribution in [-0.2, 0) is 9.47 Å². The highest BCUT2D eigenvalue weighted by Gasteiger charge is 2.31. The summed E-state index contributed by atoms with van der Waals surface area (Å²) in [4.78, 5) is 18.8. The maximum absolute atomic E-state index is 13.2. The zero-order valence-corrected chi connectivity index (χ0v) is 19.4. The summed E-state index contributed by atoms with van der Waals surface area (Å²) >= 11 is 0. The van der Waals surface area contributed by atoms with E-state index in [-0.39, 0.29) is 18.7 Å². The fraction of sp³-hybridized carbons (Fsp3) is 0.500. The summed E-state index contributed by atoms with van der Waals surface area (Å²) in [6, 6.07) is 9.57. The molecule has 1 fully saturated rings. The number of pyridine rings is 1. The van der Waals surface area contributed by atoms with E-state index in [9.17, 15) is 9.18 Å². The van der Waals surface area contributed by atoms with Gasteiger partial charge in [-0.25, -0.2) is 14.2 Å². The molecule has 2 heterocycles. The minimum Gasteiger partial charge on any atom is -0.489 e. The number of benzene rings is 1. The Kier molecular flexibility index (Phi) is 7.23. The summed E-state index contributed by atoms with van der Waals surface area (Å²) in [7, 11) is 0. The molecule has 0 radical (unpaired) electrons. The number of carbonyl (C=O) groups excluding carboxylic acids is 1. The summed E-state index contributed by atoms with van der Waals surface area (Å²) in [6.45, 7) is 11.7. The van der Waals surface area contributed by atoms with E-state index in [1.807, 2.05) is 24.3 Å². The maximum atomic E-state index is 13.2. The van der Waals surface area contributed by atoms with Gasteiger partial charge in [0, 0.05) is 24.0 Å². The van der Waals surface area contributed by atoms with Crippen molar-refractivity contribution >= 4 is 22.8 Å². The van der Waals surface area contributed by atoms with Gasteiger partial charge in [-0.3, -0.25) is 0 Å². The zero-order chi connectivity index (χ0) is 23.4. The lowest BCUT2D eigenvalue weighted by Gasteiger charge is -2.43. The third-order valence-electron chi connectivity index (χ3n) is 5.00. The predicted molar refractivity (Wildman–Crippen MR) is 123 cm³/mol. The van der Waals surface area contributed by atoms with E-state index < -0.39 is 11.7 Å². The van der Waals surface area contributed by atoms with E-state index in [1.54, 1.807) is 26.8 Å². The number of aromatic nitrogens is 1. The zero-order valence-electron chi connectivity index (χ0n) is 19.4. The van der Waals surface area contributed by atoms with Crippen molar-refractivity contribution in [2.24, 2.45) is 0 Å². The Bertz CT molecular complexity index is 985. The molecule has 174 valence electrons. The van der Waals surface area contributed by atoms with Crippen LogP contribution in [0.3, 0.4) is 0 Å². The number of alkyl carbamates (subject to hydrolysis) is 1. The molecule has 0 spiro atoms. The van der Waals surface area contributed by atoms with Crippen molar-refractivity contribution in [2.75, 3.05) is 37.8 Å². The number of rotatable bonds is 6. The molecular weight excluding hydrogens is 413 g/mol. The molecule has 0 unspecified atom stereocenters. The lowest BCUT2D eigenvalue weighted by Crippen LogP contribution is -2.53. The van der Waals surface area contributed by atoms with E-state index >= 15 is 0 Å². The van der Waals surface area contributed by atoms with Crippen LogP contribution in [0.25, 0.3) is 10.9 Å². The Morgan fingerprint density at radius 1 is 1.31 bits per heavy atom. The number of ether oxygens (including phenoxy) is 3. The smallest absolute Gasteiger partial charge is 0.407 e. The summed E-state index contributed by atoms with van der Waals surface area (Å²) in [5.41, 5.74) is 0.408. The van der Waals surface area contributed by atoms with Crippen LogP contribution in [0, 0.1) is 0 Å². The van der Waals surface area contributed by atoms with Crippen LogP contribution >= 0.6 is 0 Å². The highest BCUT2D eigenvalue weighted by atomic mass is 19.1. The first kappa shape index (κ1) is 23.8. The van der Waals surface area contributed by atoms with Crippen LogP contribution < -0.4 is 15.0 Å². The highest BCUT2D eigenvalue weighted by Crippen LogP contribution is 2.28. The summed E-state index contributed by atoms with van der Waals surface area (Å²) in [5, 5.41) is 3.45. The second-order valence-electron chi connectivity index (χ2n) is 9.45. The molecule has 1 amide bonds. The topological polar surface area (TPSA) is 72.9 Å². The normalized spacial score (nSPS) is 16.7. The van der Waals surface area contributed by atoms with Gasteiger partial charge in [-0.05, 0) is 65.0 Å². The summed E-state index contributed by atoms with van der Waals surface area (Å²) in [5.74, 6) is 1.51. The Morgan fingerprint density at radius 3 is 2.78 bits per heavy atom. The number of anilines is 1. The molecule has 1 N–H and O–H groups in total. The lowest BCUT2D eigenvalue weighted by atomic mass is 10.0. The predicted octanol–water partition coefficient (Wildman–Crippen LogP) is 4.61. The van der Waals surface area contributed by atoms with Crippen molar-refractivity contribution in [2.45, 2.75) is 45.8 Å². The molecule has 1 aromatic heterocycles. The van der Waals surface area contributed by atoms with Gasteiger partial charge in [0.1, 0.15) is 23.8 Å². The molecule has 3 rings (SSSR count). The van der Waals surface area contributed by atoms with Crippen molar-refractivity contribution in [1.29, 1.82) is 0 Å². The molecule has 1 aliphatic rings. The van der Waals surface area contributed by atoms with Crippen LogP contribution in [0.5, 0.6) is 5.75 Å². The van der Waals surface area contributed by atoms with Crippen LogP contribution in [0.4, 0.5) is 15.0 Å². The van der Waals surface area contributed by atoms with Crippen LogP contribution in [0.2, 0.25) is 0 Å². The number of hydrogen-bond acceptors (Lipinski definition) is 6. The number of amides is 1. The standard InChI is InChI=1S/C24H32FN3O4/c1-23(2,3)32-22(29)26-14-17(13-25)15-31-19-7-8-20-18(12-19)6-9-21(27-20)28-10-11-30-16-24(28,4)5/h6-9,12-13H,10-11,14-16H2,1-5H3,(H,26,29)/b17-13+. The molecule has 0 saturated carbocycles. The van der Waals surface area contributed by atoms with E-state index in [0.717, 1.165) is 23.3 Å². The van der Waals surface area contributed by atoms with E-state index in [1.165, 1.54) is 0 Å². The van der Waals surface area contributed by atoms with Crippen molar-refractivity contribution in [3.05, 3.63) is 42.2 Å². The van der Waals surface area contributed by atoms with Gasteiger partial charge in [-0.2, -0.15) is 0 Å². The van der Waals surface area contributed by atoms with Gasteiger partial charge in [0.2, 0.25) is 0 Å². The second kappa shape index (κ2) is 9.73. The van der Waals surface area contributed by atoms with Crippen molar-refractivity contribution < 1.29 is 23.4 Å². The average molecular weight is 446 g/mol. The molecular formula is C24H32FN3O4. The molecule has 0 atom stereocenters. The van der Waals surface area contributed by atoms with Crippen molar-refractivity contribution in [3.8, 4) is 5.75 Å². The fourth-order valence-electron chi connectivity index (χ4n) is 3.41. The minimum atomic E-state index is -0.614. The van der Waals surface area contributed by atoms with E-state index in [4.69, 9.17) is 19.2 Å². The Labute approximate surface area is 188 Å². The Balaban J connectivity index is 1.61. The fourth-order valence-corrected chi connectivity index (χ4v) is 3.41. The average Bonchev–Trinajstić information content (AvgIpc) is 2.72. The number of fused-ring (bicyclic) bond motifs is 1. The number of nitrogens with zero attached hydrogens (tertiary/aromatic N) is 2. The van der Waals surface area contributed by atoms with Gasteiger partial charge in [0.15, 0.2) is 0 Å². The van der Waals surface area contributed by atoms with Gasteiger partial charge in [0.05, 0.1) is 30.6 Å². The molecule has 0 bridgehead atoms. The number of hydrogen-bond donors (Lipinski definition) is 1. The molecule has 32 heavy (non-hydrogen) atoms. The first-order valence-electron chi connectivity index (χ1n) is 10.7.